The van der Waals surface area contributed by atoms with E-state index in [0.717, 1.165) is 30.5 Å². The van der Waals surface area contributed by atoms with E-state index in [1.165, 1.54) is 22.3 Å². The molecule has 0 amide bonds. The second kappa shape index (κ2) is 11.1. The van der Waals surface area contributed by atoms with E-state index in [0.29, 0.717) is 0 Å². The summed E-state index contributed by atoms with van der Waals surface area (Å²) in [4.78, 5) is 4.86. The highest BCUT2D eigenvalue weighted by molar-refractivity contribution is 6.10. The number of benzene rings is 3. The molecule has 0 bridgehead atoms. The van der Waals surface area contributed by atoms with Crippen molar-refractivity contribution < 1.29 is 0 Å². The lowest BCUT2D eigenvalue weighted by molar-refractivity contribution is 0.722. The van der Waals surface area contributed by atoms with Crippen molar-refractivity contribution in [2.75, 3.05) is 0 Å². The van der Waals surface area contributed by atoms with Crippen LogP contribution < -0.4 is 5.73 Å². The Balaban J connectivity index is 1.87. The fourth-order valence-corrected chi connectivity index (χ4v) is 3.36. The number of nitrogens with zero attached hydrogens (tertiary/aromatic N) is 1. The minimum absolute atomic E-state index is 0.0101. The molecule has 3 aromatic rings. The third-order valence-electron chi connectivity index (χ3n) is 5.29. The quantitative estimate of drug-likeness (QED) is 0.328. The van der Waals surface area contributed by atoms with Gasteiger partial charge in [-0.25, -0.2) is 0 Å². The fourth-order valence-electron chi connectivity index (χ4n) is 3.36. The predicted molar refractivity (Wildman–Crippen MR) is 130 cm³/mol. The molecule has 0 saturated carbocycles. The van der Waals surface area contributed by atoms with Gasteiger partial charge in [0.2, 0.25) is 0 Å². The standard InChI is InChI=1S/C28H30N2/c1-3-27(29)20-19-25-15-9-10-16-28(25)30-21-26(24-13-5-4-6-14-24)18-17-23-12-8-7-11-22(23)2/h3-16,18,21,27H,1,17,19-20,29H2,2H3/b26-18+,30-21?/t27-/m1/s1. The van der Waals surface area contributed by atoms with Crippen molar-refractivity contribution in [3.05, 3.63) is 120 Å². The molecule has 2 heteroatoms. The number of aryl methyl sites for hydroxylation is 2. The van der Waals surface area contributed by atoms with Crippen molar-refractivity contribution in [3.8, 4) is 0 Å². The summed E-state index contributed by atoms with van der Waals surface area (Å²) in [6.45, 7) is 5.93. The molecule has 30 heavy (non-hydrogen) atoms. The molecular weight excluding hydrogens is 364 g/mol. The number of aliphatic imine (C=N–C) groups is 1. The molecule has 0 fully saturated rings. The van der Waals surface area contributed by atoms with Gasteiger partial charge >= 0.3 is 0 Å². The van der Waals surface area contributed by atoms with Crippen LogP contribution in [-0.2, 0) is 12.8 Å². The summed E-state index contributed by atoms with van der Waals surface area (Å²) in [6, 6.07) is 27.2. The molecule has 0 heterocycles. The Bertz CT molecular complexity index is 1020. The maximum Gasteiger partial charge on any atom is 0.0661 e. The number of rotatable bonds is 9. The third kappa shape index (κ3) is 6.13. The van der Waals surface area contributed by atoms with Crippen LogP contribution in [0.2, 0.25) is 0 Å². The smallest absolute Gasteiger partial charge is 0.0661 e. The molecule has 152 valence electrons. The highest BCUT2D eigenvalue weighted by atomic mass is 14.7. The highest BCUT2D eigenvalue weighted by Crippen LogP contribution is 2.22. The number of hydrogen-bond donors (Lipinski definition) is 1. The highest BCUT2D eigenvalue weighted by Gasteiger charge is 2.05. The van der Waals surface area contributed by atoms with Crippen molar-refractivity contribution in [1.29, 1.82) is 0 Å². The Kier molecular flexibility index (Phi) is 7.94. The van der Waals surface area contributed by atoms with E-state index in [4.69, 9.17) is 10.7 Å². The number of nitrogens with two attached hydrogens (primary N) is 1. The molecular formula is C28H30N2. The molecule has 1 atom stereocenters. The number of para-hydroxylation sites is 1. The summed E-state index contributed by atoms with van der Waals surface area (Å²) in [5.74, 6) is 0. The van der Waals surface area contributed by atoms with Crippen LogP contribution >= 0.6 is 0 Å². The predicted octanol–water partition coefficient (Wildman–Crippen LogP) is 6.47. The SMILES string of the molecule is C=C[C@@H](N)CCc1ccccc1N=C/C(=C\Cc1ccccc1C)c1ccccc1. The van der Waals surface area contributed by atoms with Crippen LogP contribution in [0.5, 0.6) is 0 Å². The largest absolute Gasteiger partial charge is 0.324 e. The van der Waals surface area contributed by atoms with E-state index < -0.39 is 0 Å². The lowest BCUT2D eigenvalue weighted by Gasteiger charge is -2.09. The Hall–Kier alpha value is -3.23. The number of allylic oxidation sites excluding steroid dienone is 2. The summed E-state index contributed by atoms with van der Waals surface area (Å²) >= 11 is 0. The van der Waals surface area contributed by atoms with Crippen molar-refractivity contribution in [3.63, 3.8) is 0 Å². The van der Waals surface area contributed by atoms with E-state index in [2.05, 4.69) is 86.3 Å². The van der Waals surface area contributed by atoms with Gasteiger partial charge in [0.25, 0.3) is 0 Å². The molecule has 2 nitrogen and oxygen atoms in total. The van der Waals surface area contributed by atoms with Crippen molar-refractivity contribution in [2.24, 2.45) is 10.7 Å². The molecule has 0 aliphatic carbocycles. The second-order valence-electron chi connectivity index (χ2n) is 7.48. The molecule has 0 aromatic heterocycles. The topological polar surface area (TPSA) is 38.4 Å². The Labute approximate surface area is 180 Å². The summed E-state index contributed by atoms with van der Waals surface area (Å²) in [6.07, 6.45) is 8.67. The molecule has 0 unspecified atom stereocenters. The maximum atomic E-state index is 6.01. The lowest BCUT2D eigenvalue weighted by Crippen LogP contribution is -2.16. The Morgan fingerprint density at radius 2 is 1.60 bits per heavy atom. The van der Waals surface area contributed by atoms with Crippen molar-refractivity contribution in [1.82, 2.24) is 0 Å². The zero-order valence-electron chi connectivity index (χ0n) is 17.7. The fraction of sp³-hybridized carbons (Fsp3) is 0.179. The van der Waals surface area contributed by atoms with E-state index in [9.17, 15) is 0 Å². The second-order valence-corrected chi connectivity index (χ2v) is 7.48. The van der Waals surface area contributed by atoms with Crippen LogP contribution in [0.25, 0.3) is 5.57 Å². The van der Waals surface area contributed by atoms with Crippen molar-refractivity contribution in [2.45, 2.75) is 32.2 Å². The van der Waals surface area contributed by atoms with Gasteiger partial charge in [-0.1, -0.05) is 84.9 Å². The van der Waals surface area contributed by atoms with Crippen LogP contribution in [-0.4, -0.2) is 12.3 Å². The number of hydrogen-bond acceptors (Lipinski definition) is 2. The first-order valence-electron chi connectivity index (χ1n) is 10.5. The molecule has 0 aliphatic rings. The summed E-state index contributed by atoms with van der Waals surface area (Å²) in [7, 11) is 0. The summed E-state index contributed by atoms with van der Waals surface area (Å²) in [5.41, 5.74) is 13.1. The van der Waals surface area contributed by atoms with Crippen LogP contribution in [0.15, 0.2) is 103 Å². The third-order valence-corrected chi connectivity index (χ3v) is 5.29. The lowest BCUT2D eigenvalue weighted by atomic mass is 10.0. The van der Waals surface area contributed by atoms with Gasteiger partial charge in [0.15, 0.2) is 0 Å². The van der Waals surface area contributed by atoms with E-state index in [1.54, 1.807) is 6.08 Å². The van der Waals surface area contributed by atoms with Gasteiger partial charge in [0.1, 0.15) is 0 Å². The van der Waals surface area contributed by atoms with Crippen LogP contribution in [0.1, 0.15) is 28.7 Å². The van der Waals surface area contributed by atoms with Crippen LogP contribution in [0.3, 0.4) is 0 Å². The van der Waals surface area contributed by atoms with Gasteiger partial charge in [-0.2, -0.15) is 0 Å². The van der Waals surface area contributed by atoms with E-state index in [-0.39, 0.29) is 6.04 Å². The van der Waals surface area contributed by atoms with Gasteiger partial charge in [0.05, 0.1) is 5.69 Å². The van der Waals surface area contributed by atoms with Gasteiger partial charge in [-0.05, 0) is 60.1 Å². The Morgan fingerprint density at radius 3 is 2.33 bits per heavy atom. The van der Waals surface area contributed by atoms with Gasteiger partial charge in [0, 0.05) is 12.3 Å². The first-order valence-corrected chi connectivity index (χ1v) is 10.5. The average Bonchev–Trinajstić information content (AvgIpc) is 2.79. The van der Waals surface area contributed by atoms with E-state index >= 15 is 0 Å². The minimum atomic E-state index is 0.0101. The summed E-state index contributed by atoms with van der Waals surface area (Å²) in [5, 5.41) is 0. The molecule has 3 rings (SSSR count). The molecule has 0 aliphatic heterocycles. The molecule has 2 N–H and O–H groups in total. The molecule has 3 aromatic carbocycles. The zero-order chi connectivity index (χ0) is 21.2. The summed E-state index contributed by atoms with van der Waals surface area (Å²) < 4.78 is 0. The monoisotopic (exact) mass is 394 g/mol. The average molecular weight is 395 g/mol. The van der Waals surface area contributed by atoms with Crippen molar-refractivity contribution >= 4 is 17.5 Å². The Morgan fingerprint density at radius 1 is 0.933 bits per heavy atom. The van der Waals surface area contributed by atoms with Crippen LogP contribution in [0.4, 0.5) is 5.69 Å². The minimum Gasteiger partial charge on any atom is -0.324 e. The molecule has 0 saturated heterocycles. The first-order chi connectivity index (χ1) is 14.7. The first kappa shape index (κ1) is 21.5. The van der Waals surface area contributed by atoms with Gasteiger partial charge in [-0.3, -0.25) is 4.99 Å². The zero-order valence-corrected chi connectivity index (χ0v) is 17.7. The van der Waals surface area contributed by atoms with Gasteiger partial charge < -0.3 is 5.73 Å². The maximum absolute atomic E-state index is 6.01. The van der Waals surface area contributed by atoms with E-state index in [1.807, 2.05) is 18.3 Å². The van der Waals surface area contributed by atoms with Gasteiger partial charge in [-0.15, -0.1) is 6.58 Å². The van der Waals surface area contributed by atoms with Crippen LogP contribution in [0, 0.1) is 6.92 Å². The molecule has 0 radical (unpaired) electrons. The normalized spacial score (nSPS) is 12.8. The molecule has 0 spiro atoms.